The maximum absolute atomic E-state index is 9.83. The predicted octanol–water partition coefficient (Wildman–Crippen LogP) is -2.93. The number of rotatable bonds is 6. The summed E-state index contributed by atoms with van der Waals surface area (Å²) in [6.45, 7) is -0.505. The Hall–Kier alpha value is 0.110. The van der Waals surface area contributed by atoms with Gasteiger partial charge in [0.25, 0.3) is 0 Å². The van der Waals surface area contributed by atoms with Gasteiger partial charge in [0.2, 0.25) is 0 Å². The minimum atomic E-state index is -0.939. The number of hydrogen-bond donors (Lipinski definition) is 5. The monoisotopic (exact) mass is 269 g/mol. The maximum Gasteiger partial charge on any atom is 0.169 e. The molecule has 0 spiro atoms. The molecule has 2 unspecified atom stereocenters. The van der Waals surface area contributed by atoms with E-state index in [9.17, 15) is 15.3 Å². The van der Waals surface area contributed by atoms with Crippen LogP contribution in [-0.4, -0.2) is 87.0 Å². The Bertz CT molecular complexity index is 225. The van der Waals surface area contributed by atoms with E-state index in [0.717, 1.165) is 0 Å². The van der Waals surface area contributed by atoms with Gasteiger partial charge in [-0.25, -0.2) is 0 Å². The first kappa shape index (κ1) is 15.2. The number of hydrogen-bond acceptors (Lipinski definition) is 6. The summed E-state index contributed by atoms with van der Waals surface area (Å²) in [5, 5.41) is 46.7. The van der Waals surface area contributed by atoms with Gasteiger partial charge in [0.15, 0.2) is 5.25 Å². The summed E-state index contributed by atoms with van der Waals surface area (Å²) in [6, 6.07) is 0. The summed E-state index contributed by atoms with van der Waals surface area (Å²) in [5.41, 5.74) is 0. The number of ether oxygens (including phenoxy) is 1. The molecule has 1 fully saturated rings. The van der Waals surface area contributed by atoms with Crippen LogP contribution in [-0.2, 0) is 15.6 Å². The minimum absolute atomic E-state index is 0.217. The van der Waals surface area contributed by atoms with Crippen molar-refractivity contribution < 1.29 is 30.3 Å². The molecule has 1 heterocycles. The summed E-state index contributed by atoms with van der Waals surface area (Å²) >= 11 is 0. The van der Waals surface area contributed by atoms with E-state index in [1.165, 1.54) is 7.11 Å². The molecule has 0 bridgehead atoms. The summed E-state index contributed by atoms with van der Waals surface area (Å²) in [5.74, 6) is 0.670. The lowest BCUT2D eigenvalue weighted by molar-refractivity contribution is -0.0309. The molecule has 0 aliphatic carbocycles. The molecule has 1 aliphatic rings. The van der Waals surface area contributed by atoms with E-state index >= 15 is 0 Å². The van der Waals surface area contributed by atoms with Crippen LogP contribution >= 0.6 is 0 Å². The zero-order valence-corrected chi connectivity index (χ0v) is 10.6. The Morgan fingerprint density at radius 2 is 2.00 bits per heavy atom. The van der Waals surface area contributed by atoms with E-state index < -0.39 is 40.6 Å². The molecule has 1 aliphatic heterocycles. The van der Waals surface area contributed by atoms with Crippen molar-refractivity contribution in [3.05, 3.63) is 0 Å². The van der Waals surface area contributed by atoms with Crippen LogP contribution in [0.2, 0.25) is 0 Å². The number of aliphatic hydroxyl groups excluding tert-OH is 5. The fourth-order valence-corrected chi connectivity index (χ4v) is 4.68. The van der Waals surface area contributed by atoms with E-state index in [1.807, 2.05) is 0 Å². The first-order valence-electron chi connectivity index (χ1n) is 5.50. The quantitative estimate of drug-likeness (QED) is 0.330. The molecule has 1 rings (SSSR count). The molecule has 1 saturated heterocycles. The van der Waals surface area contributed by atoms with Gasteiger partial charge in [-0.1, -0.05) is 0 Å². The van der Waals surface area contributed by atoms with E-state index in [1.54, 1.807) is 0 Å². The fraction of sp³-hybridized carbons (Fsp3) is 1.00. The SMILES string of the molecule is CO[C@@H](CO)C(O)C[S+]1C[C@@H](O)[C@H](O)[C@H]1CO. The van der Waals surface area contributed by atoms with Gasteiger partial charge in [0.05, 0.1) is 13.2 Å². The lowest BCUT2D eigenvalue weighted by atomic mass is 10.2. The van der Waals surface area contributed by atoms with Gasteiger partial charge >= 0.3 is 0 Å². The van der Waals surface area contributed by atoms with Crippen LogP contribution in [0, 0.1) is 0 Å². The molecular weight excluding hydrogens is 248 g/mol. The zero-order chi connectivity index (χ0) is 13.0. The second-order valence-corrected chi connectivity index (χ2v) is 6.52. The second-order valence-electron chi connectivity index (χ2n) is 4.17. The normalized spacial score (nSPS) is 37.1. The van der Waals surface area contributed by atoms with Crippen molar-refractivity contribution in [2.75, 3.05) is 31.8 Å². The third-order valence-corrected chi connectivity index (χ3v) is 5.89. The Morgan fingerprint density at radius 3 is 2.47 bits per heavy atom. The molecule has 17 heavy (non-hydrogen) atoms. The number of methoxy groups -OCH3 is 1. The van der Waals surface area contributed by atoms with Gasteiger partial charge in [0.1, 0.15) is 35.9 Å². The highest BCUT2D eigenvalue weighted by atomic mass is 32.2. The Kier molecular flexibility index (Phi) is 6.14. The molecule has 102 valence electrons. The third-order valence-electron chi connectivity index (χ3n) is 3.06. The van der Waals surface area contributed by atoms with Crippen molar-refractivity contribution in [3.8, 4) is 0 Å². The fourth-order valence-electron chi connectivity index (χ4n) is 1.97. The molecule has 0 radical (unpaired) electrons. The molecule has 0 saturated carbocycles. The van der Waals surface area contributed by atoms with Crippen molar-refractivity contribution >= 4 is 10.9 Å². The molecule has 6 atom stereocenters. The van der Waals surface area contributed by atoms with Gasteiger partial charge in [-0.15, -0.1) is 0 Å². The first-order chi connectivity index (χ1) is 8.04. The Balaban J connectivity index is 2.56. The highest BCUT2D eigenvalue weighted by molar-refractivity contribution is 7.97. The molecule has 5 N–H and O–H groups in total. The maximum atomic E-state index is 9.83. The molecule has 0 aromatic rings. The average Bonchev–Trinajstić information content (AvgIpc) is 2.56. The van der Waals surface area contributed by atoms with E-state index in [4.69, 9.17) is 14.9 Å². The van der Waals surface area contributed by atoms with Gasteiger partial charge in [-0.3, -0.25) is 0 Å². The van der Waals surface area contributed by atoms with Crippen molar-refractivity contribution in [3.63, 3.8) is 0 Å². The predicted molar refractivity (Wildman–Crippen MR) is 63.9 cm³/mol. The van der Waals surface area contributed by atoms with Crippen molar-refractivity contribution in [2.24, 2.45) is 0 Å². The summed E-state index contributed by atoms with van der Waals surface area (Å²) in [4.78, 5) is 0. The topological polar surface area (TPSA) is 110 Å². The van der Waals surface area contributed by atoms with E-state index in [0.29, 0.717) is 11.5 Å². The zero-order valence-electron chi connectivity index (χ0n) is 9.77. The minimum Gasteiger partial charge on any atom is -0.394 e. The smallest absolute Gasteiger partial charge is 0.169 e. The van der Waals surface area contributed by atoms with Crippen molar-refractivity contribution in [1.82, 2.24) is 0 Å². The van der Waals surface area contributed by atoms with E-state index in [-0.39, 0.29) is 13.2 Å². The lowest BCUT2D eigenvalue weighted by Crippen LogP contribution is -2.41. The molecule has 6 nitrogen and oxygen atoms in total. The largest absolute Gasteiger partial charge is 0.394 e. The third kappa shape index (κ3) is 3.54. The molecular formula is C10H21O6S+. The molecule has 0 aromatic carbocycles. The van der Waals surface area contributed by atoms with Crippen LogP contribution < -0.4 is 0 Å². The second kappa shape index (κ2) is 6.89. The van der Waals surface area contributed by atoms with Crippen LogP contribution in [0.3, 0.4) is 0 Å². The van der Waals surface area contributed by atoms with Gasteiger partial charge < -0.3 is 30.3 Å². The van der Waals surface area contributed by atoms with Gasteiger partial charge in [-0.05, 0) is 0 Å². The standard InChI is InChI=1S/C10H21O6S/c1-16-8(2-11)6(13)4-17-5-7(14)10(15)9(17)3-12/h6-15H,2-5H2,1H3/q+1/t6?,7-,8+,9-,10+,17?/m1/s1. The Morgan fingerprint density at radius 1 is 1.35 bits per heavy atom. The van der Waals surface area contributed by atoms with Crippen LogP contribution in [0.15, 0.2) is 0 Å². The van der Waals surface area contributed by atoms with Crippen molar-refractivity contribution in [2.45, 2.75) is 29.7 Å². The van der Waals surface area contributed by atoms with Crippen molar-refractivity contribution in [1.29, 1.82) is 0 Å². The molecule has 0 amide bonds. The van der Waals surface area contributed by atoms with Gasteiger partial charge in [-0.2, -0.15) is 0 Å². The van der Waals surface area contributed by atoms with Crippen LogP contribution in [0.5, 0.6) is 0 Å². The number of aliphatic hydroxyl groups is 5. The summed E-state index contributed by atoms with van der Waals surface area (Å²) in [6.07, 6.45) is -3.32. The van der Waals surface area contributed by atoms with E-state index in [2.05, 4.69) is 0 Å². The molecule has 7 heteroatoms. The highest BCUT2D eigenvalue weighted by Crippen LogP contribution is 2.25. The van der Waals surface area contributed by atoms with Crippen LogP contribution in [0.1, 0.15) is 0 Å². The average molecular weight is 269 g/mol. The first-order valence-corrected chi connectivity index (χ1v) is 7.12. The summed E-state index contributed by atoms with van der Waals surface area (Å²) < 4.78 is 4.91. The summed E-state index contributed by atoms with van der Waals surface area (Å²) in [7, 11) is 0.928. The lowest BCUT2D eigenvalue weighted by Gasteiger charge is -2.20. The van der Waals surface area contributed by atoms with Crippen LogP contribution in [0.25, 0.3) is 0 Å². The van der Waals surface area contributed by atoms with Gasteiger partial charge in [0, 0.05) is 18.0 Å². The van der Waals surface area contributed by atoms with Crippen LogP contribution in [0.4, 0.5) is 0 Å². The molecule has 0 aromatic heterocycles. The highest BCUT2D eigenvalue weighted by Gasteiger charge is 2.50. The Labute approximate surface area is 103 Å².